The monoisotopic (exact) mass is 344 g/mol. The topological polar surface area (TPSA) is 40.6 Å². The van der Waals surface area contributed by atoms with Gasteiger partial charge in [0.1, 0.15) is 0 Å². The van der Waals surface area contributed by atoms with E-state index in [-0.39, 0.29) is 18.2 Å². The van der Waals surface area contributed by atoms with Crippen LogP contribution in [-0.2, 0) is 9.59 Å². The van der Waals surface area contributed by atoms with Crippen LogP contribution in [0.3, 0.4) is 0 Å². The van der Waals surface area contributed by atoms with Gasteiger partial charge in [0.05, 0.1) is 0 Å². The summed E-state index contributed by atoms with van der Waals surface area (Å²) in [6.45, 7) is 3.72. The van der Waals surface area contributed by atoms with Crippen molar-refractivity contribution in [3.05, 3.63) is 59.1 Å². The molecule has 24 heavy (non-hydrogen) atoms. The van der Waals surface area contributed by atoms with E-state index in [4.69, 9.17) is 11.6 Å². The lowest BCUT2D eigenvalue weighted by atomic mass is 10.1. The number of nitrogens with zero attached hydrogens (tertiary/aromatic N) is 2. The molecule has 4 nitrogen and oxygen atoms in total. The number of carbonyl (C=O) groups excluding carboxylic acids is 2. The highest BCUT2D eigenvalue weighted by molar-refractivity contribution is 6.31. The summed E-state index contributed by atoms with van der Waals surface area (Å²) in [6, 6.07) is 14.8. The first-order valence-corrected chi connectivity index (χ1v) is 8.14. The molecule has 126 valence electrons. The van der Waals surface area contributed by atoms with Crippen LogP contribution < -0.4 is 9.80 Å². The number of benzene rings is 2. The van der Waals surface area contributed by atoms with Crippen LogP contribution in [-0.4, -0.2) is 25.4 Å². The molecule has 0 aliphatic heterocycles. The molecule has 0 heterocycles. The average Bonchev–Trinajstić information content (AvgIpc) is 2.57. The van der Waals surface area contributed by atoms with Crippen molar-refractivity contribution in [3.63, 3.8) is 0 Å². The number of anilines is 2. The lowest BCUT2D eigenvalue weighted by Gasteiger charge is -2.24. The van der Waals surface area contributed by atoms with Crippen LogP contribution in [0.4, 0.5) is 11.4 Å². The molecule has 0 saturated heterocycles. The Morgan fingerprint density at radius 1 is 1.08 bits per heavy atom. The van der Waals surface area contributed by atoms with E-state index < -0.39 is 0 Å². The highest BCUT2D eigenvalue weighted by atomic mass is 35.5. The molecule has 0 saturated carbocycles. The number of carbonyl (C=O) groups is 2. The summed E-state index contributed by atoms with van der Waals surface area (Å²) in [7, 11) is 1.74. The summed E-state index contributed by atoms with van der Waals surface area (Å²) in [4.78, 5) is 27.6. The minimum atomic E-state index is -0.115. The fourth-order valence-electron chi connectivity index (χ4n) is 2.49. The summed E-state index contributed by atoms with van der Waals surface area (Å²) < 4.78 is 0. The van der Waals surface area contributed by atoms with Gasteiger partial charge >= 0.3 is 0 Å². The van der Waals surface area contributed by atoms with Crippen molar-refractivity contribution in [1.29, 1.82) is 0 Å². The molecular formula is C19H21ClN2O2. The van der Waals surface area contributed by atoms with E-state index in [1.54, 1.807) is 29.0 Å². The van der Waals surface area contributed by atoms with E-state index in [1.807, 2.05) is 43.3 Å². The van der Waals surface area contributed by atoms with Gasteiger partial charge in [-0.2, -0.15) is 0 Å². The molecule has 2 aromatic carbocycles. The third-order valence-electron chi connectivity index (χ3n) is 3.91. The van der Waals surface area contributed by atoms with Crippen molar-refractivity contribution in [2.45, 2.75) is 20.3 Å². The maximum absolute atomic E-state index is 12.4. The van der Waals surface area contributed by atoms with Gasteiger partial charge in [-0.1, -0.05) is 35.9 Å². The minimum Gasteiger partial charge on any atom is -0.315 e. The van der Waals surface area contributed by atoms with E-state index in [0.717, 1.165) is 16.9 Å². The SMILES string of the molecule is CC(=O)N(CCC(=O)N(C)c1ccccc1)c1cc(Cl)ccc1C. The quantitative estimate of drug-likeness (QED) is 0.820. The van der Waals surface area contributed by atoms with E-state index in [1.165, 1.54) is 6.92 Å². The molecular weight excluding hydrogens is 324 g/mol. The van der Waals surface area contributed by atoms with Gasteiger partial charge in [-0.3, -0.25) is 9.59 Å². The average molecular weight is 345 g/mol. The Morgan fingerprint density at radius 2 is 1.75 bits per heavy atom. The van der Waals surface area contributed by atoms with Crippen molar-refractivity contribution in [3.8, 4) is 0 Å². The molecule has 0 N–H and O–H groups in total. The van der Waals surface area contributed by atoms with Gasteiger partial charge in [-0.05, 0) is 36.8 Å². The molecule has 0 aromatic heterocycles. The summed E-state index contributed by atoms with van der Waals surface area (Å²) in [6.07, 6.45) is 0.233. The van der Waals surface area contributed by atoms with E-state index in [0.29, 0.717) is 11.6 Å². The van der Waals surface area contributed by atoms with Crippen LogP contribution >= 0.6 is 11.6 Å². The van der Waals surface area contributed by atoms with Gasteiger partial charge in [-0.15, -0.1) is 0 Å². The van der Waals surface area contributed by atoms with Gasteiger partial charge in [0.25, 0.3) is 0 Å². The smallest absolute Gasteiger partial charge is 0.228 e. The van der Waals surface area contributed by atoms with Gasteiger partial charge in [-0.25, -0.2) is 0 Å². The molecule has 2 aromatic rings. The third kappa shape index (κ3) is 4.36. The first-order valence-electron chi connectivity index (χ1n) is 7.76. The van der Waals surface area contributed by atoms with E-state index in [2.05, 4.69) is 0 Å². The van der Waals surface area contributed by atoms with Crippen molar-refractivity contribution in [2.24, 2.45) is 0 Å². The van der Waals surface area contributed by atoms with Crippen LogP contribution in [0.5, 0.6) is 0 Å². The normalized spacial score (nSPS) is 10.3. The van der Waals surface area contributed by atoms with Gasteiger partial charge < -0.3 is 9.80 Å². The number of para-hydroxylation sites is 1. The Labute approximate surface area is 147 Å². The zero-order chi connectivity index (χ0) is 17.7. The maximum atomic E-state index is 12.4. The second-order valence-electron chi connectivity index (χ2n) is 5.64. The number of aryl methyl sites for hydroxylation is 1. The van der Waals surface area contributed by atoms with Gasteiger partial charge in [0.15, 0.2) is 0 Å². The Balaban J connectivity index is 2.10. The van der Waals surface area contributed by atoms with E-state index >= 15 is 0 Å². The molecule has 0 spiro atoms. The Kier molecular flexibility index (Phi) is 5.99. The van der Waals surface area contributed by atoms with Crippen LogP contribution in [0.25, 0.3) is 0 Å². The molecule has 0 aliphatic rings. The maximum Gasteiger partial charge on any atom is 0.228 e. The third-order valence-corrected chi connectivity index (χ3v) is 4.14. The highest BCUT2D eigenvalue weighted by Gasteiger charge is 2.18. The molecule has 0 fully saturated rings. The van der Waals surface area contributed by atoms with Crippen LogP contribution in [0.2, 0.25) is 5.02 Å². The summed E-state index contributed by atoms with van der Waals surface area (Å²) in [5.41, 5.74) is 2.51. The molecule has 5 heteroatoms. The van der Waals surface area contributed by atoms with Crippen LogP contribution in [0.1, 0.15) is 18.9 Å². The molecule has 2 amide bonds. The second kappa shape index (κ2) is 7.97. The number of halogens is 1. The number of hydrogen-bond acceptors (Lipinski definition) is 2. The van der Waals surface area contributed by atoms with Gasteiger partial charge in [0, 0.05) is 43.3 Å². The fourth-order valence-corrected chi connectivity index (χ4v) is 2.66. The molecule has 0 atom stereocenters. The number of rotatable bonds is 5. The predicted octanol–water partition coefficient (Wildman–Crippen LogP) is 4.05. The molecule has 0 radical (unpaired) electrons. The highest BCUT2D eigenvalue weighted by Crippen LogP contribution is 2.25. The lowest BCUT2D eigenvalue weighted by Crippen LogP contribution is -2.35. The lowest BCUT2D eigenvalue weighted by molar-refractivity contribution is -0.118. The minimum absolute atomic E-state index is 0.0490. The van der Waals surface area contributed by atoms with Crippen molar-refractivity contribution in [2.75, 3.05) is 23.4 Å². The zero-order valence-electron chi connectivity index (χ0n) is 14.1. The Bertz CT molecular complexity index is 731. The predicted molar refractivity (Wildman–Crippen MR) is 98.7 cm³/mol. The molecule has 2 rings (SSSR count). The largest absolute Gasteiger partial charge is 0.315 e. The summed E-state index contributed by atoms with van der Waals surface area (Å²) in [5.74, 6) is -0.164. The molecule has 0 bridgehead atoms. The van der Waals surface area contributed by atoms with E-state index in [9.17, 15) is 9.59 Å². The standard InChI is InChI=1S/C19H21ClN2O2/c1-14-9-10-16(20)13-18(14)22(15(2)23)12-11-19(24)21(3)17-7-5-4-6-8-17/h4-10,13H,11-12H2,1-3H3. The van der Waals surface area contributed by atoms with Crippen molar-refractivity contribution >= 4 is 34.8 Å². The van der Waals surface area contributed by atoms with Crippen LogP contribution in [0.15, 0.2) is 48.5 Å². The second-order valence-corrected chi connectivity index (χ2v) is 6.08. The Hall–Kier alpha value is -2.33. The van der Waals surface area contributed by atoms with Crippen LogP contribution in [0, 0.1) is 6.92 Å². The first kappa shape index (κ1) is 18.0. The fraction of sp³-hybridized carbons (Fsp3) is 0.263. The number of hydrogen-bond donors (Lipinski definition) is 0. The van der Waals surface area contributed by atoms with Crippen molar-refractivity contribution in [1.82, 2.24) is 0 Å². The Morgan fingerprint density at radius 3 is 2.38 bits per heavy atom. The van der Waals surface area contributed by atoms with Crippen molar-refractivity contribution < 1.29 is 9.59 Å². The molecule has 0 unspecified atom stereocenters. The summed E-state index contributed by atoms with van der Waals surface area (Å²) >= 11 is 6.05. The summed E-state index contributed by atoms with van der Waals surface area (Å²) in [5, 5.41) is 0.564. The molecule has 0 aliphatic carbocycles. The van der Waals surface area contributed by atoms with Gasteiger partial charge in [0.2, 0.25) is 11.8 Å². The first-order chi connectivity index (χ1) is 11.4. The zero-order valence-corrected chi connectivity index (χ0v) is 14.9. The number of amides is 2.